The Labute approximate surface area is 156 Å². The van der Waals surface area contributed by atoms with Gasteiger partial charge in [-0.05, 0) is 44.9 Å². The highest BCUT2D eigenvalue weighted by molar-refractivity contribution is 5.89. The van der Waals surface area contributed by atoms with Gasteiger partial charge in [0, 0.05) is 12.0 Å². The van der Waals surface area contributed by atoms with E-state index in [1.54, 1.807) is 6.92 Å². The van der Waals surface area contributed by atoms with Crippen LogP contribution in [0.3, 0.4) is 0 Å². The van der Waals surface area contributed by atoms with Crippen molar-refractivity contribution in [2.75, 3.05) is 19.8 Å². The fourth-order valence-corrected chi connectivity index (χ4v) is 2.21. The van der Waals surface area contributed by atoms with Crippen LogP contribution in [0.1, 0.15) is 47.1 Å². The summed E-state index contributed by atoms with van der Waals surface area (Å²) in [7, 11) is 0. The maximum Gasteiger partial charge on any atom is 0.242 e. The first kappa shape index (κ1) is 21.8. The van der Waals surface area contributed by atoms with Crippen molar-refractivity contribution < 1.29 is 19.1 Å². The van der Waals surface area contributed by atoms with Crippen LogP contribution < -0.4 is 20.1 Å². The quantitative estimate of drug-likeness (QED) is 0.706. The molecule has 2 amide bonds. The lowest BCUT2D eigenvalue weighted by molar-refractivity contribution is -0.133. The minimum absolute atomic E-state index is 0.145. The summed E-state index contributed by atoms with van der Waals surface area (Å²) in [5, 5.41) is 5.58. The average molecular weight is 364 g/mol. The lowest BCUT2D eigenvalue weighted by atomic mass is 9.95. The highest BCUT2D eigenvalue weighted by Gasteiger charge is 2.24. The van der Waals surface area contributed by atoms with Crippen molar-refractivity contribution >= 4 is 11.8 Å². The molecule has 26 heavy (non-hydrogen) atoms. The van der Waals surface area contributed by atoms with E-state index >= 15 is 0 Å². The maximum atomic E-state index is 12.1. The van der Waals surface area contributed by atoms with Crippen LogP contribution in [-0.2, 0) is 16.0 Å². The Morgan fingerprint density at radius 1 is 1.08 bits per heavy atom. The summed E-state index contributed by atoms with van der Waals surface area (Å²) in [6.45, 7) is 12.6. The zero-order valence-electron chi connectivity index (χ0n) is 16.8. The number of hydrogen-bond donors (Lipinski definition) is 2. The molecule has 1 aromatic carbocycles. The Balaban J connectivity index is 2.55. The molecule has 1 unspecified atom stereocenters. The Morgan fingerprint density at radius 2 is 1.69 bits per heavy atom. The van der Waals surface area contributed by atoms with E-state index in [9.17, 15) is 9.59 Å². The standard InChI is InChI=1S/C20H32N2O4/c1-7-25-16-10-9-15(13-17(16)26-8-2)11-12-21-18(23)14(3)22-19(24)20(4,5)6/h9-10,13-14H,7-8,11-12H2,1-6H3,(H,21,23)(H,22,24). The van der Waals surface area contributed by atoms with Crippen molar-refractivity contribution in [3.63, 3.8) is 0 Å². The number of amides is 2. The van der Waals surface area contributed by atoms with Crippen LogP contribution in [0.2, 0.25) is 0 Å². The van der Waals surface area contributed by atoms with Gasteiger partial charge in [-0.1, -0.05) is 26.8 Å². The fourth-order valence-electron chi connectivity index (χ4n) is 2.21. The smallest absolute Gasteiger partial charge is 0.242 e. The molecule has 1 aromatic rings. The molecule has 0 fully saturated rings. The van der Waals surface area contributed by atoms with E-state index in [0.717, 1.165) is 11.3 Å². The van der Waals surface area contributed by atoms with Crippen LogP contribution >= 0.6 is 0 Å². The summed E-state index contributed by atoms with van der Waals surface area (Å²) in [4.78, 5) is 24.1. The fraction of sp³-hybridized carbons (Fsp3) is 0.600. The van der Waals surface area contributed by atoms with E-state index in [-0.39, 0.29) is 11.8 Å². The summed E-state index contributed by atoms with van der Waals surface area (Å²) < 4.78 is 11.2. The second-order valence-corrected chi connectivity index (χ2v) is 7.13. The van der Waals surface area contributed by atoms with Gasteiger partial charge in [0.2, 0.25) is 11.8 Å². The molecule has 0 aliphatic carbocycles. The molecule has 0 aromatic heterocycles. The molecule has 0 aliphatic heterocycles. The van der Waals surface area contributed by atoms with E-state index in [0.29, 0.717) is 31.9 Å². The zero-order valence-corrected chi connectivity index (χ0v) is 16.8. The minimum atomic E-state index is -0.568. The molecule has 0 spiro atoms. The molecule has 0 heterocycles. The third-order valence-corrected chi connectivity index (χ3v) is 3.74. The number of benzene rings is 1. The highest BCUT2D eigenvalue weighted by Crippen LogP contribution is 2.28. The third-order valence-electron chi connectivity index (χ3n) is 3.74. The summed E-state index contributed by atoms with van der Waals surface area (Å²) in [6, 6.07) is 5.22. The molecule has 146 valence electrons. The molecule has 2 N–H and O–H groups in total. The molecule has 0 bridgehead atoms. The SMILES string of the molecule is CCOc1ccc(CCNC(=O)C(C)NC(=O)C(C)(C)C)cc1OCC. The van der Waals surface area contributed by atoms with Gasteiger partial charge in [-0.25, -0.2) is 0 Å². The Hall–Kier alpha value is -2.24. The zero-order chi connectivity index (χ0) is 19.7. The molecule has 0 saturated heterocycles. The van der Waals surface area contributed by atoms with Gasteiger partial charge in [0.05, 0.1) is 13.2 Å². The van der Waals surface area contributed by atoms with E-state index in [4.69, 9.17) is 9.47 Å². The van der Waals surface area contributed by atoms with Gasteiger partial charge in [0.25, 0.3) is 0 Å². The van der Waals surface area contributed by atoms with E-state index in [1.165, 1.54) is 0 Å². The first-order valence-corrected chi connectivity index (χ1v) is 9.16. The van der Waals surface area contributed by atoms with Crippen molar-refractivity contribution in [3.8, 4) is 11.5 Å². The minimum Gasteiger partial charge on any atom is -0.490 e. The predicted molar refractivity (Wildman–Crippen MR) is 103 cm³/mol. The van der Waals surface area contributed by atoms with E-state index in [1.807, 2.05) is 52.8 Å². The summed E-state index contributed by atoms with van der Waals surface area (Å²) in [5.74, 6) is 1.09. The second kappa shape index (κ2) is 10.0. The third kappa shape index (κ3) is 6.94. The van der Waals surface area contributed by atoms with Gasteiger partial charge < -0.3 is 20.1 Å². The van der Waals surface area contributed by atoms with Gasteiger partial charge in [-0.2, -0.15) is 0 Å². The molecular weight excluding hydrogens is 332 g/mol. The van der Waals surface area contributed by atoms with Crippen molar-refractivity contribution in [1.29, 1.82) is 0 Å². The van der Waals surface area contributed by atoms with Crippen molar-refractivity contribution in [2.45, 2.75) is 54.0 Å². The molecule has 6 heteroatoms. The normalized spacial score (nSPS) is 12.2. The molecule has 0 radical (unpaired) electrons. The number of carbonyl (C=O) groups is 2. The largest absolute Gasteiger partial charge is 0.490 e. The molecule has 1 atom stereocenters. The highest BCUT2D eigenvalue weighted by atomic mass is 16.5. The van der Waals surface area contributed by atoms with Gasteiger partial charge in [-0.15, -0.1) is 0 Å². The van der Waals surface area contributed by atoms with Crippen LogP contribution in [0.4, 0.5) is 0 Å². The van der Waals surface area contributed by atoms with Gasteiger partial charge >= 0.3 is 0 Å². The van der Waals surface area contributed by atoms with Crippen molar-refractivity contribution in [1.82, 2.24) is 10.6 Å². The number of rotatable bonds is 9. The Morgan fingerprint density at radius 3 is 2.27 bits per heavy atom. The molecular formula is C20H32N2O4. The maximum absolute atomic E-state index is 12.1. The first-order chi connectivity index (χ1) is 12.2. The van der Waals surface area contributed by atoms with Gasteiger partial charge in [0.1, 0.15) is 6.04 Å². The summed E-state index contributed by atoms with van der Waals surface area (Å²) in [6.07, 6.45) is 0.665. The topological polar surface area (TPSA) is 76.7 Å². The second-order valence-electron chi connectivity index (χ2n) is 7.13. The first-order valence-electron chi connectivity index (χ1n) is 9.16. The number of ether oxygens (including phenoxy) is 2. The van der Waals surface area contributed by atoms with Crippen LogP contribution in [-0.4, -0.2) is 37.6 Å². The molecule has 6 nitrogen and oxygen atoms in total. The van der Waals surface area contributed by atoms with Crippen molar-refractivity contribution in [2.24, 2.45) is 5.41 Å². The number of hydrogen-bond acceptors (Lipinski definition) is 4. The average Bonchev–Trinajstić information content (AvgIpc) is 2.56. The Kier molecular flexibility index (Phi) is 8.42. The Bertz CT molecular complexity index is 608. The van der Waals surface area contributed by atoms with Gasteiger partial charge in [0.15, 0.2) is 11.5 Å². The lowest BCUT2D eigenvalue weighted by Crippen LogP contribution is -2.48. The van der Waals surface area contributed by atoms with Crippen molar-refractivity contribution in [3.05, 3.63) is 23.8 Å². The predicted octanol–water partition coefficient (Wildman–Crippen LogP) is 2.69. The number of carbonyl (C=O) groups excluding carboxylic acids is 2. The van der Waals surface area contributed by atoms with Crippen LogP contribution in [0.15, 0.2) is 18.2 Å². The van der Waals surface area contributed by atoms with Crippen LogP contribution in [0.5, 0.6) is 11.5 Å². The molecule has 0 aliphatic rings. The van der Waals surface area contributed by atoms with E-state index < -0.39 is 11.5 Å². The summed E-state index contributed by atoms with van der Waals surface area (Å²) in [5.41, 5.74) is 0.524. The number of nitrogens with one attached hydrogen (secondary N) is 2. The van der Waals surface area contributed by atoms with Gasteiger partial charge in [-0.3, -0.25) is 9.59 Å². The lowest BCUT2D eigenvalue weighted by Gasteiger charge is -2.21. The monoisotopic (exact) mass is 364 g/mol. The molecule has 1 rings (SSSR count). The molecule has 0 saturated carbocycles. The van der Waals surface area contributed by atoms with E-state index in [2.05, 4.69) is 10.6 Å². The summed E-state index contributed by atoms with van der Waals surface area (Å²) >= 11 is 0. The van der Waals surface area contributed by atoms with Crippen LogP contribution in [0.25, 0.3) is 0 Å². The van der Waals surface area contributed by atoms with Crippen LogP contribution in [0, 0.1) is 5.41 Å².